The highest BCUT2D eigenvalue weighted by molar-refractivity contribution is 5.79. The van der Waals surface area contributed by atoms with E-state index in [4.69, 9.17) is 14.6 Å². The molecule has 3 rings (SSSR count). The molecule has 2 heterocycles. The second-order valence-electron chi connectivity index (χ2n) is 7.86. The molecule has 1 aromatic heterocycles. The number of amides is 1. The summed E-state index contributed by atoms with van der Waals surface area (Å²) < 4.78 is 12.4. The van der Waals surface area contributed by atoms with Gasteiger partial charge in [0.05, 0.1) is 11.6 Å². The molecule has 0 unspecified atom stereocenters. The Balaban J connectivity index is 1.63. The molecule has 2 atom stereocenters. The first-order valence-electron chi connectivity index (χ1n) is 9.13. The SMILES string of the molecule is CC(C)(C)OC(=O)[C@H](O)COc1ccc2nn([C@@H]3CCN(C(=O)O)C3)cc2c1. The lowest BCUT2D eigenvalue weighted by molar-refractivity contribution is -0.166. The molecule has 0 bridgehead atoms. The van der Waals surface area contributed by atoms with Gasteiger partial charge in [-0.3, -0.25) is 4.68 Å². The maximum Gasteiger partial charge on any atom is 0.407 e. The number of aromatic nitrogens is 2. The standard InChI is InChI=1S/C19H25N3O6/c1-19(2,3)28-17(24)16(23)11-27-14-4-5-15-12(8-14)9-22(20-15)13-6-7-21(10-13)18(25)26/h4-5,8-9,13,16,23H,6-7,10-11H2,1-3H3,(H,25,26)/t13-,16-/m1/s1. The quantitative estimate of drug-likeness (QED) is 0.750. The molecule has 1 aromatic carbocycles. The molecule has 9 nitrogen and oxygen atoms in total. The molecule has 0 spiro atoms. The second kappa shape index (κ2) is 7.67. The lowest BCUT2D eigenvalue weighted by Gasteiger charge is -2.21. The number of benzene rings is 1. The predicted molar refractivity (Wildman–Crippen MR) is 100 cm³/mol. The minimum atomic E-state index is -1.38. The Hall–Kier alpha value is -2.81. The highest BCUT2D eigenvalue weighted by Crippen LogP contribution is 2.26. The second-order valence-corrected chi connectivity index (χ2v) is 7.86. The summed E-state index contributed by atoms with van der Waals surface area (Å²) in [6.45, 7) is 5.87. The number of nitrogens with zero attached hydrogens (tertiary/aromatic N) is 3. The number of rotatable bonds is 5. The summed E-state index contributed by atoms with van der Waals surface area (Å²) in [6.07, 6.45) is 0.269. The summed E-state index contributed by atoms with van der Waals surface area (Å²) in [7, 11) is 0. The van der Waals surface area contributed by atoms with Gasteiger partial charge >= 0.3 is 12.1 Å². The number of esters is 1. The Morgan fingerprint density at radius 3 is 2.75 bits per heavy atom. The molecule has 0 radical (unpaired) electrons. The van der Waals surface area contributed by atoms with Crippen molar-refractivity contribution in [3.8, 4) is 5.75 Å². The van der Waals surface area contributed by atoms with Gasteiger partial charge in [0.1, 0.15) is 18.0 Å². The van der Waals surface area contributed by atoms with Crippen LogP contribution in [0.4, 0.5) is 4.79 Å². The van der Waals surface area contributed by atoms with Gasteiger partial charge in [-0.25, -0.2) is 9.59 Å². The van der Waals surface area contributed by atoms with Crippen LogP contribution in [0.2, 0.25) is 0 Å². The monoisotopic (exact) mass is 391 g/mol. The number of aliphatic hydroxyl groups is 1. The Kier molecular flexibility index (Phi) is 5.46. The Morgan fingerprint density at radius 1 is 1.36 bits per heavy atom. The third kappa shape index (κ3) is 4.72. The van der Waals surface area contributed by atoms with Crippen molar-refractivity contribution in [1.82, 2.24) is 14.7 Å². The van der Waals surface area contributed by atoms with Crippen LogP contribution in [0.15, 0.2) is 24.4 Å². The van der Waals surface area contributed by atoms with Gasteiger partial charge in [0, 0.05) is 24.7 Å². The van der Waals surface area contributed by atoms with Gasteiger partial charge < -0.3 is 24.6 Å². The first kappa shape index (κ1) is 19.9. The maximum absolute atomic E-state index is 11.8. The first-order valence-corrected chi connectivity index (χ1v) is 9.13. The number of hydrogen-bond acceptors (Lipinski definition) is 6. The van der Waals surface area contributed by atoms with Gasteiger partial charge in [-0.05, 0) is 45.4 Å². The Bertz CT molecular complexity index is 872. The summed E-state index contributed by atoms with van der Waals surface area (Å²) >= 11 is 0. The van der Waals surface area contributed by atoms with Crippen LogP contribution in [0.5, 0.6) is 5.75 Å². The van der Waals surface area contributed by atoms with Crippen molar-refractivity contribution in [3.05, 3.63) is 24.4 Å². The van der Waals surface area contributed by atoms with Crippen molar-refractivity contribution < 1.29 is 29.3 Å². The summed E-state index contributed by atoms with van der Waals surface area (Å²) in [4.78, 5) is 24.3. The van der Waals surface area contributed by atoms with E-state index in [1.54, 1.807) is 43.7 Å². The number of hydrogen-bond donors (Lipinski definition) is 2. The van der Waals surface area contributed by atoms with E-state index >= 15 is 0 Å². The fourth-order valence-electron chi connectivity index (χ4n) is 3.04. The largest absolute Gasteiger partial charge is 0.490 e. The molecule has 28 heavy (non-hydrogen) atoms. The highest BCUT2D eigenvalue weighted by atomic mass is 16.6. The minimum Gasteiger partial charge on any atom is -0.490 e. The number of ether oxygens (including phenoxy) is 2. The van der Waals surface area contributed by atoms with Crippen molar-refractivity contribution >= 4 is 23.0 Å². The molecule has 2 N–H and O–H groups in total. The molecule has 1 aliphatic rings. The molecule has 1 amide bonds. The summed E-state index contributed by atoms with van der Waals surface area (Å²) in [6, 6.07) is 5.26. The Morgan fingerprint density at radius 2 is 2.11 bits per heavy atom. The summed E-state index contributed by atoms with van der Waals surface area (Å²) in [5.74, 6) is -0.237. The number of fused-ring (bicyclic) bond motifs is 1. The van der Waals surface area contributed by atoms with Crippen LogP contribution < -0.4 is 4.74 Å². The molecule has 0 aliphatic carbocycles. The van der Waals surface area contributed by atoms with E-state index in [1.165, 1.54) is 4.90 Å². The van der Waals surface area contributed by atoms with E-state index < -0.39 is 23.8 Å². The normalized spacial score (nSPS) is 18.3. The van der Waals surface area contributed by atoms with E-state index in [9.17, 15) is 14.7 Å². The average Bonchev–Trinajstić information content (AvgIpc) is 3.24. The zero-order valence-corrected chi connectivity index (χ0v) is 16.2. The van der Waals surface area contributed by atoms with Crippen molar-refractivity contribution in [2.24, 2.45) is 0 Å². The molecule has 2 aromatic rings. The number of carboxylic acid groups (broad SMARTS) is 1. The number of aliphatic hydroxyl groups excluding tert-OH is 1. The predicted octanol–water partition coefficient (Wildman–Crippen LogP) is 2.04. The van der Waals surface area contributed by atoms with Crippen molar-refractivity contribution in [2.75, 3.05) is 19.7 Å². The van der Waals surface area contributed by atoms with E-state index in [0.717, 1.165) is 10.9 Å². The number of carbonyl (C=O) groups excluding carboxylic acids is 1. The molecule has 1 saturated heterocycles. The van der Waals surface area contributed by atoms with E-state index in [2.05, 4.69) is 5.10 Å². The van der Waals surface area contributed by atoms with E-state index in [1.807, 2.05) is 6.20 Å². The van der Waals surface area contributed by atoms with Crippen LogP contribution in [0.1, 0.15) is 33.2 Å². The van der Waals surface area contributed by atoms with Gasteiger partial charge in [-0.2, -0.15) is 5.10 Å². The van der Waals surface area contributed by atoms with Crippen molar-refractivity contribution in [3.63, 3.8) is 0 Å². The fourth-order valence-corrected chi connectivity index (χ4v) is 3.04. The smallest absolute Gasteiger partial charge is 0.407 e. The molecular weight excluding hydrogens is 366 g/mol. The zero-order chi connectivity index (χ0) is 20.5. The molecule has 152 valence electrons. The first-order chi connectivity index (χ1) is 13.1. The van der Waals surface area contributed by atoms with Gasteiger partial charge in [-0.1, -0.05) is 0 Å². The van der Waals surface area contributed by atoms with Crippen LogP contribution in [-0.2, 0) is 9.53 Å². The van der Waals surface area contributed by atoms with Crippen LogP contribution in [-0.4, -0.2) is 68.4 Å². The van der Waals surface area contributed by atoms with Crippen LogP contribution in [0.25, 0.3) is 10.9 Å². The van der Waals surface area contributed by atoms with Gasteiger partial charge in [-0.15, -0.1) is 0 Å². The molecule has 1 aliphatic heterocycles. The van der Waals surface area contributed by atoms with Crippen LogP contribution in [0, 0.1) is 0 Å². The lowest BCUT2D eigenvalue weighted by atomic mass is 10.2. The van der Waals surface area contributed by atoms with Gasteiger partial charge in [0.15, 0.2) is 6.10 Å². The Labute approximate surface area is 162 Å². The lowest BCUT2D eigenvalue weighted by Crippen LogP contribution is -2.35. The van der Waals surface area contributed by atoms with Gasteiger partial charge in [0.25, 0.3) is 0 Å². The third-order valence-electron chi connectivity index (χ3n) is 4.39. The zero-order valence-electron chi connectivity index (χ0n) is 16.2. The topological polar surface area (TPSA) is 114 Å². The molecular formula is C19H25N3O6. The minimum absolute atomic E-state index is 0.00172. The molecule has 9 heteroatoms. The van der Waals surface area contributed by atoms with Crippen molar-refractivity contribution in [1.29, 1.82) is 0 Å². The van der Waals surface area contributed by atoms with Crippen LogP contribution >= 0.6 is 0 Å². The number of likely N-dealkylation sites (tertiary alicyclic amines) is 1. The van der Waals surface area contributed by atoms with E-state index in [0.29, 0.717) is 25.3 Å². The summed E-state index contributed by atoms with van der Waals surface area (Å²) in [5, 5.41) is 24.3. The maximum atomic E-state index is 11.8. The molecule has 0 saturated carbocycles. The molecule has 1 fully saturated rings. The van der Waals surface area contributed by atoms with Gasteiger partial charge in [0.2, 0.25) is 0 Å². The van der Waals surface area contributed by atoms with E-state index in [-0.39, 0.29) is 12.6 Å². The number of carbonyl (C=O) groups is 2. The summed E-state index contributed by atoms with van der Waals surface area (Å²) in [5.41, 5.74) is 0.0796. The highest BCUT2D eigenvalue weighted by Gasteiger charge is 2.28. The van der Waals surface area contributed by atoms with Crippen LogP contribution in [0.3, 0.4) is 0 Å². The fraction of sp³-hybridized carbons (Fsp3) is 0.526. The van der Waals surface area contributed by atoms with Crippen molar-refractivity contribution in [2.45, 2.75) is 44.9 Å². The average molecular weight is 391 g/mol. The third-order valence-corrected chi connectivity index (χ3v) is 4.39.